The molecule has 0 unspecified atom stereocenters. The van der Waals surface area contributed by atoms with E-state index in [2.05, 4.69) is 14.9 Å². The van der Waals surface area contributed by atoms with Gasteiger partial charge in [-0.1, -0.05) is 18.2 Å². The Kier molecular flexibility index (Phi) is 6.94. The molecule has 194 valence electrons. The molecule has 2 aromatic heterocycles. The van der Waals surface area contributed by atoms with Gasteiger partial charge in [-0.05, 0) is 65.2 Å². The molecule has 4 rings (SSSR count). The summed E-state index contributed by atoms with van der Waals surface area (Å²) in [5.74, 6) is 0.510. The molecular formula is C27H33F3N4O2. The highest BCUT2D eigenvalue weighted by Crippen LogP contribution is 2.40. The normalized spacial score (nSPS) is 15.4. The molecule has 3 aromatic rings. The molecule has 6 nitrogen and oxygen atoms in total. The van der Waals surface area contributed by atoms with Crippen molar-refractivity contribution in [2.24, 2.45) is 0 Å². The molecule has 3 heterocycles. The fourth-order valence-electron chi connectivity index (χ4n) is 4.84. The van der Waals surface area contributed by atoms with Crippen LogP contribution in [0.2, 0.25) is 0 Å². The third kappa shape index (κ3) is 5.29. The van der Waals surface area contributed by atoms with Crippen LogP contribution in [0.15, 0.2) is 36.5 Å². The predicted octanol–water partition coefficient (Wildman–Crippen LogP) is 6.78. The monoisotopic (exact) mass is 502 g/mol. The standard InChI is InChI=1S/C27H33F3N4O2/c1-6-34(19-11-13-33(14-12-19)25(35)36-26(3,4)5)24-21(15-18(16-31-24)27(28,29)30)23-17(2)20-9-7-8-10-22(20)32-23/h7-10,15-16,19,32H,6,11-14H2,1-5H3. The van der Waals surface area contributed by atoms with E-state index in [-0.39, 0.29) is 12.1 Å². The van der Waals surface area contributed by atoms with Crippen LogP contribution in [0, 0.1) is 6.92 Å². The molecule has 0 spiro atoms. The Hall–Kier alpha value is -3.23. The Balaban J connectivity index is 1.68. The van der Waals surface area contributed by atoms with Crippen molar-refractivity contribution in [3.63, 3.8) is 0 Å². The second kappa shape index (κ2) is 9.67. The Morgan fingerprint density at radius 2 is 1.86 bits per heavy atom. The predicted molar refractivity (Wildman–Crippen MR) is 135 cm³/mol. The number of anilines is 1. The van der Waals surface area contributed by atoms with E-state index in [1.165, 1.54) is 6.07 Å². The second-order valence-electron chi connectivity index (χ2n) is 10.2. The smallest absolute Gasteiger partial charge is 0.417 e. The van der Waals surface area contributed by atoms with Crippen molar-refractivity contribution in [2.75, 3.05) is 24.5 Å². The number of pyridine rings is 1. The number of likely N-dealkylation sites (tertiary alicyclic amines) is 1. The zero-order valence-corrected chi connectivity index (χ0v) is 21.4. The average molecular weight is 503 g/mol. The Morgan fingerprint density at radius 3 is 2.44 bits per heavy atom. The lowest BCUT2D eigenvalue weighted by Crippen LogP contribution is -2.48. The van der Waals surface area contributed by atoms with Gasteiger partial charge in [-0.2, -0.15) is 13.2 Å². The van der Waals surface area contributed by atoms with Gasteiger partial charge in [0.1, 0.15) is 11.4 Å². The van der Waals surface area contributed by atoms with Gasteiger partial charge in [0.2, 0.25) is 0 Å². The summed E-state index contributed by atoms with van der Waals surface area (Å²) in [6.45, 7) is 11.0. The number of aromatic amines is 1. The minimum absolute atomic E-state index is 0.0290. The van der Waals surface area contributed by atoms with Crippen molar-refractivity contribution in [1.82, 2.24) is 14.9 Å². The first-order valence-corrected chi connectivity index (χ1v) is 12.3. The number of alkyl halides is 3. The van der Waals surface area contributed by atoms with Crippen molar-refractivity contribution in [2.45, 2.75) is 65.3 Å². The maximum Gasteiger partial charge on any atom is 0.417 e. The molecular weight excluding hydrogens is 469 g/mol. The lowest BCUT2D eigenvalue weighted by atomic mass is 10.0. The second-order valence-corrected chi connectivity index (χ2v) is 10.2. The maximum absolute atomic E-state index is 13.7. The highest BCUT2D eigenvalue weighted by Gasteiger charge is 2.35. The molecule has 9 heteroatoms. The number of carbonyl (C=O) groups is 1. The van der Waals surface area contributed by atoms with Crippen LogP contribution in [-0.2, 0) is 10.9 Å². The number of para-hydroxylation sites is 1. The van der Waals surface area contributed by atoms with Crippen LogP contribution in [0.25, 0.3) is 22.2 Å². The minimum atomic E-state index is -4.50. The number of piperidine rings is 1. The molecule has 1 aliphatic rings. The van der Waals surface area contributed by atoms with Crippen molar-refractivity contribution < 1.29 is 22.7 Å². The summed E-state index contributed by atoms with van der Waals surface area (Å²) in [7, 11) is 0. The Bertz CT molecular complexity index is 1240. The summed E-state index contributed by atoms with van der Waals surface area (Å²) >= 11 is 0. The van der Waals surface area contributed by atoms with E-state index >= 15 is 0 Å². The summed E-state index contributed by atoms with van der Waals surface area (Å²) in [5, 5.41) is 0.963. The van der Waals surface area contributed by atoms with Gasteiger partial charge in [-0.15, -0.1) is 0 Å². The maximum atomic E-state index is 13.7. The van der Waals surface area contributed by atoms with Crippen LogP contribution in [0.5, 0.6) is 0 Å². The number of fused-ring (bicyclic) bond motifs is 1. The van der Waals surface area contributed by atoms with E-state index in [1.54, 1.807) is 4.90 Å². The molecule has 0 aliphatic carbocycles. The summed E-state index contributed by atoms with van der Waals surface area (Å²) in [6.07, 6.45) is -2.60. The van der Waals surface area contributed by atoms with Crippen molar-refractivity contribution >= 4 is 22.8 Å². The topological polar surface area (TPSA) is 61.5 Å². The summed E-state index contributed by atoms with van der Waals surface area (Å²) in [4.78, 5) is 23.9. The van der Waals surface area contributed by atoms with Crippen molar-refractivity contribution in [3.8, 4) is 11.3 Å². The fraction of sp³-hybridized carbons (Fsp3) is 0.481. The molecule has 1 aromatic carbocycles. The molecule has 1 fully saturated rings. The van der Waals surface area contributed by atoms with Crippen LogP contribution < -0.4 is 4.90 Å². The number of H-pyrrole nitrogens is 1. The summed E-state index contributed by atoms with van der Waals surface area (Å²) in [6, 6.07) is 8.89. The highest BCUT2D eigenvalue weighted by molar-refractivity contribution is 5.92. The Labute approximate surface area is 209 Å². The van der Waals surface area contributed by atoms with Gasteiger partial charge in [0.25, 0.3) is 0 Å². The van der Waals surface area contributed by atoms with Gasteiger partial charge in [0.05, 0.1) is 11.3 Å². The van der Waals surface area contributed by atoms with Crippen molar-refractivity contribution in [1.29, 1.82) is 0 Å². The average Bonchev–Trinajstić information content (AvgIpc) is 3.15. The number of aryl methyl sites for hydroxylation is 1. The minimum Gasteiger partial charge on any atom is -0.444 e. The van der Waals surface area contributed by atoms with E-state index in [0.29, 0.717) is 49.6 Å². The van der Waals surface area contributed by atoms with E-state index in [9.17, 15) is 18.0 Å². The van der Waals surface area contributed by atoms with Crippen LogP contribution in [0.1, 0.15) is 51.7 Å². The number of ether oxygens (including phenoxy) is 1. The number of hydrogen-bond acceptors (Lipinski definition) is 4. The summed E-state index contributed by atoms with van der Waals surface area (Å²) < 4.78 is 46.5. The van der Waals surface area contributed by atoms with Crippen molar-refractivity contribution in [3.05, 3.63) is 47.7 Å². The van der Waals surface area contributed by atoms with Gasteiger partial charge < -0.3 is 19.5 Å². The van der Waals surface area contributed by atoms with Crippen LogP contribution in [0.3, 0.4) is 0 Å². The zero-order valence-electron chi connectivity index (χ0n) is 21.4. The van der Waals surface area contributed by atoms with E-state index in [0.717, 1.165) is 22.7 Å². The lowest BCUT2D eigenvalue weighted by Gasteiger charge is -2.39. The van der Waals surface area contributed by atoms with Gasteiger partial charge >= 0.3 is 12.3 Å². The molecule has 0 atom stereocenters. The number of nitrogens with zero attached hydrogens (tertiary/aromatic N) is 3. The quantitative estimate of drug-likeness (QED) is 0.427. The number of carbonyl (C=O) groups excluding carboxylic acids is 1. The fourth-order valence-corrected chi connectivity index (χ4v) is 4.84. The number of halogens is 3. The molecule has 36 heavy (non-hydrogen) atoms. The van der Waals surface area contributed by atoms with E-state index in [4.69, 9.17) is 4.74 Å². The molecule has 1 amide bonds. The number of rotatable bonds is 4. The van der Waals surface area contributed by atoms with Crippen LogP contribution >= 0.6 is 0 Å². The number of benzene rings is 1. The van der Waals surface area contributed by atoms with E-state index in [1.807, 2.05) is 58.9 Å². The van der Waals surface area contributed by atoms with Gasteiger partial charge in [0, 0.05) is 48.3 Å². The number of hydrogen-bond donors (Lipinski definition) is 1. The number of amides is 1. The molecule has 1 N–H and O–H groups in total. The van der Waals surface area contributed by atoms with Gasteiger partial charge in [-0.25, -0.2) is 9.78 Å². The summed E-state index contributed by atoms with van der Waals surface area (Å²) in [5.41, 5.74) is 1.45. The highest BCUT2D eigenvalue weighted by atomic mass is 19.4. The third-order valence-electron chi connectivity index (χ3n) is 6.60. The molecule has 0 bridgehead atoms. The molecule has 1 aliphatic heterocycles. The van der Waals surface area contributed by atoms with Gasteiger partial charge in [0.15, 0.2) is 0 Å². The molecule has 0 radical (unpaired) electrons. The number of nitrogens with one attached hydrogen (secondary N) is 1. The SMILES string of the molecule is CCN(c1ncc(C(F)(F)F)cc1-c1[nH]c2ccccc2c1C)C1CCN(C(=O)OC(C)(C)C)CC1. The molecule has 1 saturated heterocycles. The van der Waals surface area contributed by atoms with Crippen LogP contribution in [-0.4, -0.2) is 52.2 Å². The molecule has 0 saturated carbocycles. The largest absolute Gasteiger partial charge is 0.444 e. The first-order valence-electron chi connectivity index (χ1n) is 12.3. The third-order valence-corrected chi connectivity index (χ3v) is 6.60. The van der Waals surface area contributed by atoms with Crippen LogP contribution in [0.4, 0.5) is 23.8 Å². The Morgan fingerprint density at radius 1 is 1.19 bits per heavy atom. The number of aromatic nitrogens is 2. The zero-order chi connectivity index (χ0) is 26.3. The first-order chi connectivity index (χ1) is 16.9. The lowest BCUT2D eigenvalue weighted by molar-refractivity contribution is -0.137. The van der Waals surface area contributed by atoms with Gasteiger partial charge in [-0.3, -0.25) is 0 Å². The first kappa shape index (κ1) is 25.9. The van der Waals surface area contributed by atoms with E-state index < -0.39 is 17.3 Å².